The van der Waals surface area contributed by atoms with E-state index in [4.69, 9.17) is 15.7 Å². The summed E-state index contributed by atoms with van der Waals surface area (Å²) in [5.41, 5.74) is 6.26. The van der Waals surface area contributed by atoms with Crippen molar-refractivity contribution in [2.24, 2.45) is 5.41 Å². The number of nitriles is 1. The summed E-state index contributed by atoms with van der Waals surface area (Å²) in [6.45, 7) is 4.07. The molecule has 1 rings (SSSR count). The van der Waals surface area contributed by atoms with Crippen LogP contribution >= 0.6 is 0 Å². The van der Waals surface area contributed by atoms with Gasteiger partial charge < -0.3 is 10.5 Å². The zero-order chi connectivity index (χ0) is 13.6. The van der Waals surface area contributed by atoms with Gasteiger partial charge in [0.25, 0.3) is 0 Å². The number of hydrogen-bond acceptors (Lipinski definition) is 4. The summed E-state index contributed by atoms with van der Waals surface area (Å²) in [5.74, 6) is -0.357. The minimum absolute atomic E-state index is 0.328. The van der Waals surface area contributed by atoms with Gasteiger partial charge in [0.15, 0.2) is 0 Å². The summed E-state index contributed by atoms with van der Waals surface area (Å²) >= 11 is 0. The maximum absolute atomic E-state index is 11.6. The molecular formula is C14H18N2O2. The number of hydrogen-bond donors (Lipinski definition) is 1. The fourth-order valence-corrected chi connectivity index (χ4v) is 1.44. The summed E-state index contributed by atoms with van der Waals surface area (Å²) in [6, 6.07) is 8.81. The third-order valence-electron chi connectivity index (χ3n) is 2.63. The lowest BCUT2D eigenvalue weighted by Crippen LogP contribution is -2.11. The molecular weight excluding hydrogens is 228 g/mol. The van der Waals surface area contributed by atoms with Crippen LogP contribution in [0.2, 0.25) is 0 Å². The van der Waals surface area contributed by atoms with Crippen molar-refractivity contribution < 1.29 is 9.53 Å². The van der Waals surface area contributed by atoms with E-state index >= 15 is 0 Å². The van der Waals surface area contributed by atoms with Gasteiger partial charge in [0, 0.05) is 5.69 Å². The molecule has 0 atom stereocenters. The van der Waals surface area contributed by atoms with Crippen LogP contribution in [-0.2, 0) is 4.74 Å². The highest BCUT2D eigenvalue weighted by atomic mass is 16.5. The summed E-state index contributed by atoms with van der Waals surface area (Å²) < 4.78 is 5.12. The molecule has 1 aromatic rings. The Morgan fingerprint density at radius 2 is 2.00 bits per heavy atom. The van der Waals surface area contributed by atoms with Crippen molar-refractivity contribution in [1.29, 1.82) is 5.26 Å². The molecule has 0 fully saturated rings. The molecule has 0 heterocycles. The van der Waals surface area contributed by atoms with Crippen LogP contribution in [0.25, 0.3) is 0 Å². The van der Waals surface area contributed by atoms with Crippen molar-refractivity contribution in [3.8, 4) is 6.07 Å². The highest BCUT2D eigenvalue weighted by Gasteiger charge is 2.16. The Balaban J connectivity index is 2.34. The first-order valence-electron chi connectivity index (χ1n) is 5.88. The number of esters is 1. The number of carbonyl (C=O) groups excluding carboxylic acids is 1. The third-order valence-corrected chi connectivity index (χ3v) is 2.63. The Morgan fingerprint density at radius 3 is 2.56 bits per heavy atom. The Hall–Kier alpha value is -2.02. The van der Waals surface area contributed by atoms with Gasteiger partial charge in [-0.3, -0.25) is 0 Å². The molecule has 96 valence electrons. The molecule has 0 saturated carbocycles. The molecule has 4 heteroatoms. The van der Waals surface area contributed by atoms with Gasteiger partial charge in [-0.2, -0.15) is 5.26 Å². The van der Waals surface area contributed by atoms with Gasteiger partial charge in [-0.15, -0.1) is 0 Å². The monoisotopic (exact) mass is 246 g/mol. The highest BCUT2D eigenvalue weighted by molar-refractivity contribution is 5.89. The Labute approximate surface area is 107 Å². The Morgan fingerprint density at radius 1 is 1.39 bits per heavy atom. The second kappa shape index (κ2) is 6.06. The first-order chi connectivity index (χ1) is 8.44. The van der Waals surface area contributed by atoms with Gasteiger partial charge >= 0.3 is 5.97 Å². The molecule has 0 amide bonds. The summed E-state index contributed by atoms with van der Waals surface area (Å²) in [7, 11) is 0. The highest BCUT2D eigenvalue weighted by Crippen LogP contribution is 2.20. The minimum atomic E-state index is -0.367. The normalized spacial score (nSPS) is 10.7. The van der Waals surface area contributed by atoms with Crippen LogP contribution in [-0.4, -0.2) is 12.6 Å². The van der Waals surface area contributed by atoms with Crippen LogP contribution in [0.3, 0.4) is 0 Å². The van der Waals surface area contributed by atoms with Gasteiger partial charge in [0.2, 0.25) is 0 Å². The van der Waals surface area contributed by atoms with Crippen molar-refractivity contribution in [3.05, 3.63) is 29.8 Å². The Bertz CT molecular complexity index is 444. The first kappa shape index (κ1) is 14.0. The molecule has 18 heavy (non-hydrogen) atoms. The van der Waals surface area contributed by atoms with Gasteiger partial charge in [-0.05, 0) is 51.0 Å². The van der Waals surface area contributed by atoms with Crippen molar-refractivity contribution >= 4 is 11.7 Å². The van der Waals surface area contributed by atoms with E-state index in [0.717, 1.165) is 0 Å². The van der Waals surface area contributed by atoms with E-state index in [-0.39, 0.29) is 11.4 Å². The largest absolute Gasteiger partial charge is 0.462 e. The van der Waals surface area contributed by atoms with E-state index < -0.39 is 0 Å². The number of nitrogens with two attached hydrogens (primary N) is 1. The van der Waals surface area contributed by atoms with E-state index in [2.05, 4.69) is 6.07 Å². The minimum Gasteiger partial charge on any atom is -0.462 e. The standard InChI is InChI=1S/C14H18N2O2/c1-14(2,10-15)8-3-9-18-13(17)11-4-6-12(16)7-5-11/h4-7H,3,8-9,16H2,1-2H3. The van der Waals surface area contributed by atoms with E-state index in [1.54, 1.807) is 24.3 Å². The summed E-state index contributed by atoms with van der Waals surface area (Å²) in [6.07, 6.45) is 1.39. The zero-order valence-electron chi connectivity index (χ0n) is 10.8. The fraction of sp³-hybridized carbons (Fsp3) is 0.429. The summed E-state index contributed by atoms with van der Waals surface area (Å²) in [4.78, 5) is 11.6. The zero-order valence-corrected chi connectivity index (χ0v) is 10.8. The molecule has 0 saturated heterocycles. The molecule has 2 N–H and O–H groups in total. The maximum atomic E-state index is 11.6. The van der Waals surface area contributed by atoms with Crippen LogP contribution in [0, 0.1) is 16.7 Å². The summed E-state index contributed by atoms with van der Waals surface area (Å²) in [5, 5.41) is 8.84. The SMILES string of the molecule is CC(C)(C#N)CCCOC(=O)c1ccc(N)cc1. The molecule has 0 aromatic heterocycles. The van der Waals surface area contributed by atoms with Gasteiger partial charge in [-0.25, -0.2) is 4.79 Å². The average molecular weight is 246 g/mol. The van der Waals surface area contributed by atoms with Gasteiger partial charge in [0.1, 0.15) is 0 Å². The van der Waals surface area contributed by atoms with Crippen molar-refractivity contribution in [2.75, 3.05) is 12.3 Å². The topological polar surface area (TPSA) is 76.1 Å². The van der Waals surface area contributed by atoms with Crippen LogP contribution in [0.4, 0.5) is 5.69 Å². The number of nitrogen functional groups attached to an aromatic ring is 1. The molecule has 4 nitrogen and oxygen atoms in total. The van der Waals surface area contributed by atoms with Crippen LogP contribution < -0.4 is 5.73 Å². The third kappa shape index (κ3) is 4.46. The molecule has 0 aliphatic carbocycles. The predicted molar refractivity (Wildman–Crippen MR) is 69.8 cm³/mol. The van der Waals surface area contributed by atoms with Crippen molar-refractivity contribution in [1.82, 2.24) is 0 Å². The lowest BCUT2D eigenvalue weighted by molar-refractivity contribution is 0.0491. The predicted octanol–water partition coefficient (Wildman–Crippen LogP) is 2.76. The number of ether oxygens (including phenoxy) is 1. The average Bonchev–Trinajstić information content (AvgIpc) is 2.35. The quantitative estimate of drug-likeness (QED) is 0.492. The lowest BCUT2D eigenvalue weighted by atomic mass is 9.90. The molecule has 0 unspecified atom stereocenters. The number of rotatable bonds is 5. The molecule has 0 spiro atoms. The Kier molecular flexibility index (Phi) is 4.73. The second-order valence-electron chi connectivity index (χ2n) is 4.86. The number of benzene rings is 1. The van der Waals surface area contributed by atoms with E-state index in [1.807, 2.05) is 13.8 Å². The van der Waals surface area contributed by atoms with E-state index in [9.17, 15) is 4.79 Å². The molecule has 0 bridgehead atoms. The molecule has 0 aliphatic heterocycles. The number of anilines is 1. The smallest absolute Gasteiger partial charge is 0.338 e. The van der Waals surface area contributed by atoms with Crippen molar-refractivity contribution in [3.63, 3.8) is 0 Å². The van der Waals surface area contributed by atoms with Crippen molar-refractivity contribution in [2.45, 2.75) is 26.7 Å². The molecule has 1 aromatic carbocycles. The van der Waals surface area contributed by atoms with E-state index in [1.165, 1.54) is 0 Å². The fourth-order valence-electron chi connectivity index (χ4n) is 1.44. The number of carbonyl (C=O) groups is 1. The van der Waals surface area contributed by atoms with Gasteiger partial charge in [-0.1, -0.05) is 0 Å². The maximum Gasteiger partial charge on any atom is 0.338 e. The van der Waals surface area contributed by atoms with Gasteiger partial charge in [0.05, 0.1) is 23.7 Å². The molecule has 0 radical (unpaired) electrons. The lowest BCUT2D eigenvalue weighted by Gasteiger charge is -2.14. The van der Waals surface area contributed by atoms with Crippen LogP contribution in [0.1, 0.15) is 37.0 Å². The van der Waals surface area contributed by atoms with Crippen LogP contribution in [0.5, 0.6) is 0 Å². The molecule has 0 aliphatic rings. The van der Waals surface area contributed by atoms with E-state index in [0.29, 0.717) is 30.7 Å². The van der Waals surface area contributed by atoms with Crippen LogP contribution in [0.15, 0.2) is 24.3 Å². The second-order valence-corrected chi connectivity index (χ2v) is 4.86. The number of nitrogens with zero attached hydrogens (tertiary/aromatic N) is 1. The first-order valence-corrected chi connectivity index (χ1v) is 5.88.